The normalized spacial score (nSPS) is 18.7. The fourth-order valence-electron chi connectivity index (χ4n) is 3.35. The van der Waals surface area contributed by atoms with E-state index in [1.807, 2.05) is 0 Å². The van der Waals surface area contributed by atoms with E-state index < -0.39 is 15.7 Å². The summed E-state index contributed by atoms with van der Waals surface area (Å²) in [6.07, 6.45) is 3.26. The number of fused-ring (bicyclic) bond motifs is 1. The molecule has 1 aromatic carbocycles. The van der Waals surface area contributed by atoms with Gasteiger partial charge in [-0.25, -0.2) is 18.4 Å². The molecule has 1 N–H and O–H groups in total. The summed E-state index contributed by atoms with van der Waals surface area (Å²) < 4.78 is 35.3. The average Bonchev–Trinajstić information content (AvgIpc) is 3.44. The number of carbonyl (C=O) groups excluding carboxylic acids is 1. The second-order valence-corrected chi connectivity index (χ2v) is 11.0. The number of hydrogen-bond acceptors (Lipinski definition) is 11. The van der Waals surface area contributed by atoms with E-state index >= 15 is 0 Å². The number of hydrogen-bond donors (Lipinski definition) is 1. The van der Waals surface area contributed by atoms with Crippen LogP contribution in [0.15, 0.2) is 40.5 Å². The maximum Gasteiger partial charge on any atom is 0.317 e. The fraction of sp³-hybridized carbons (Fsp3) is 0.381. The van der Waals surface area contributed by atoms with Gasteiger partial charge in [0, 0.05) is 12.0 Å². The van der Waals surface area contributed by atoms with Crippen molar-refractivity contribution in [1.82, 2.24) is 15.0 Å². The minimum Gasteiger partial charge on any atom is -0.467 e. The largest absolute Gasteiger partial charge is 0.467 e. The first kappa shape index (κ1) is 22.6. The Morgan fingerprint density at radius 2 is 2.00 bits per heavy atom. The lowest BCUT2D eigenvalue weighted by atomic mass is 10.1. The van der Waals surface area contributed by atoms with E-state index in [0.717, 1.165) is 11.3 Å². The third-order valence-electron chi connectivity index (χ3n) is 5.35. The Kier molecular flexibility index (Phi) is 6.15. The Labute approximate surface area is 199 Å². The molecule has 0 bridgehead atoms. The molecule has 0 radical (unpaired) electrons. The average molecular weight is 504 g/mol. The van der Waals surface area contributed by atoms with Gasteiger partial charge in [0.1, 0.15) is 5.52 Å². The highest BCUT2D eigenvalue weighted by molar-refractivity contribution is 7.92. The van der Waals surface area contributed by atoms with Crippen molar-refractivity contribution in [2.75, 3.05) is 25.6 Å². The molecule has 178 valence electrons. The van der Waals surface area contributed by atoms with Crippen LogP contribution in [0.3, 0.4) is 0 Å². The molecule has 1 amide bonds. The molecular weight excluding hydrogens is 482 g/mol. The maximum absolute atomic E-state index is 13.2. The lowest BCUT2D eigenvalue weighted by molar-refractivity contribution is -0.110. The number of methoxy groups -OCH3 is 1. The molecule has 34 heavy (non-hydrogen) atoms. The van der Waals surface area contributed by atoms with E-state index in [9.17, 15) is 13.2 Å². The maximum atomic E-state index is 13.2. The van der Waals surface area contributed by atoms with Gasteiger partial charge in [-0.2, -0.15) is 4.98 Å². The molecule has 2 aliphatic rings. The molecule has 13 heteroatoms. The van der Waals surface area contributed by atoms with Crippen molar-refractivity contribution >= 4 is 48.3 Å². The van der Waals surface area contributed by atoms with Gasteiger partial charge in [-0.3, -0.25) is 10.1 Å². The summed E-state index contributed by atoms with van der Waals surface area (Å²) in [6, 6.07) is 6.28. The van der Waals surface area contributed by atoms with Crippen LogP contribution in [0.2, 0.25) is 0 Å². The van der Waals surface area contributed by atoms with Gasteiger partial charge < -0.3 is 14.3 Å². The summed E-state index contributed by atoms with van der Waals surface area (Å²) in [5, 5.41) is 6.79. The number of rotatable bonds is 8. The number of oxime groups is 1. The van der Waals surface area contributed by atoms with E-state index in [1.54, 1.807) is 12.1 Å². The molecule has 2 aromatic heterocycles. The Morgan fingerprint density at radius 3 is 2.68 bits per heavy atom. The van der Waals surface area contributed by atoms with Gasteiger partial charge in [-0.05, 0) is 25.0 Å². The lowest BCUT2D eigenvalue weighted by Gasteiger charge is -2.10. The van der Waals surface area contributed by atoms with E-state index in [1.165, 1.54) is 25.4 Å². The zero-order valence-electron chi connectivity index (χ0n) is 18.1. The van der Waals surface area contributed by atoms with Crippen LogP contribution in [0.25, 0.3) is 10.3 Å². The Hall–Kier alpha value is -3.16. The summed E-state index contributed by atoms with van der Waals surface area (Å²) >= 11 is 1.16. The fourth-order valence-corrected chi connectivity index (χ4v) is 5.80. The number of thiazole rings is 1. The van der Waals surface area contributed by atoms with Crippen LogP contribution in [0.4, 0.5) is 5.13 Å². The van der Waals surface area contributed by atoms with E-state index in [-0.39, 0.29) is 28.0 Å². The first-order chi connectivity index (χ1) is 16.4. The molecular formula is C21H21N5O6S2. The third-order valence-corrected chi connectivity index (χ3v) is 8.51. The minimum absolute atomic E-state index is 0.00908. The number of aromatic nitrogens is 3. The molecule has 2 fully saturated rings. The predicted octanol–water partition coefficient (Wildman–Crippen LogP) is 2.18. The topological polar surface area (TPSA) is 142 Å². The molecule has 11 nitrogen and oxygen atoms in total. The Balaban J connectivity index is 1.41. The molecule has 0 unspecified atom stereocenters. The zero-order chi connectivity index (χ0) is 23.7. The van der Waals surface area contributed by atoms with Crippen LogP contribution in [0.5, 0.6) is 6.01 Å². The van der Waals surface area contributed by atoms with Crippen molar-refractivity contribution in [3.63, 3.8) is 0 Å². The molecule has 0 spiro atoms. The number of nitrogens with zero attached hydrogens (tertiary/aromatic N) is 4. The highest BCUT2D eigenvalue weighted by Gasteiger charge is 2.36. The second-order valence-electron chi connectivity index (χ2n) is 7.82. The van der Waals surface area contributed by atoms with Gasteiger partial charge in [0.25, 0.3) is 5.91 Å². The van der Waals surface area contributed by atoms with Gasteiger partial charge in [0.05, 0.1) is 36.7 Å². The van der Waals surface area contributed by atoms with Crippen molar-refractivity contribution in [3.8, 4) is 6.01 Å². The Bertz CT molecular complexity index is 1350. The van der Waals surface area contributed by atoms with E-state index in [4.69, 9.17) is 14.3 Å². The molecule has 3 aromatic rings. The van der Waals surface area contributed by atoms with Crippen molar-refractivity contribution in [1.29, 1.82) is 0 Å². The SMILES string of the molecule is COc1ncc2nc(NC(=O)/C(=N/O[C@@H]3CCOC3)c3ccc(S(=O)(=O)C4CC4)cc3)sc2n1. The van der Waals surface area contributed by atoms with Gasteiger partial charge >= 0.3 is 6.01 Å². The molecule has 1 saturated heterocycles. The molecule has 1 atom stereocenters. The molecule has 1 aliphatic carbocycles. The number of anilines is 1. The highest BCUT2D eigenvalue weighted by atomic mass is 32.2. The standard InChI is InChI=1S/C21H21N5O6S2/c1-30-20-22-10-16-19(25-20)33-21(23-16)24-18(27)17(26-32-13-8-9-31-11-13)12-2-4-14(5-3-12)34(28,29)15-6-7-15/h2-5,10,13,15H,6-9,11H2,1H3,(H,23,24,27)/b26-17+/t13-/m1/s1. The van der Waals surface area contributed by atoms with Crippen molar-refractivity contribution in [3.05, 3.63) is 36.0 Å². The lowest BCUT2D eigenvalue weighted by Crippen LogP contribution is -2.25. The summed E-state index contributed by atoms with van der Waals surface area (Å²) in [5.41, 5.74) is 0.910. The zero-order valence-corrected chi connectivity index (χ0v) is 19.8. The molecule has 1 saturated carbocycles. The number of benzene rings is 1. The summed E-state index contributed by atoms with van der Waals surface area (Å²) in [4.78, 5) is 32.0. The number of ether oxygens (including phenoxy) is 2. The van der Waals surface area contributed by atoms with Crippen LogP contribution in [0.1, 0.15) is 24.8 Å². The van der Waals surface area contributed by atoms with Crippen LogP contribution in [0, 0.1) is 0 Å². The first-order valence-corrected chi connectivity index (χ1v) is 12.9. The van der Waals surface area contributed by atoms with Gasteiger partial charge in [0.15, 0.2) is 31.6 Å². The van der Waals surface area contributed by atoms with Crippen LogP contribution in [-0.4, -0.2) is 66.7 Å². The molecule has 3 heterocycles. The van der Waals surface area contributed by atoms with Crippen molar-refractivity contribution in [2.45, 2.75) is 35.5 Å². The van der Waals surface area contributed by atoms with Crippen LogP contribution in [-0.2, 0) is 24.2 Å². The summed E-state index contributed by atoms with van der Waals surface area (Å²) in [7, 11) is -1.88. The van der Waals surface area contributed by atoms with Gasteiger partial charge in [-0.15, -0.1) is 0 Å². The Morgan fingerprint density at radius 1 is 1.21 bits per heavy atom. The number of sulfone groups is 1. The second kappa shape index (κ2) is 9.24. The van der Waals surface area contributed by atoms with Crippen molar-refractivity contribution < 1.29 is 27.5 Å². The first-order valence-electron chi connectivity index (χ1n) is 10.6. The smallest absolute Gasteiger partial charge is 0.317 e. The monoisotopic (exact) mass is 503 g/mol. The predicted molar refractivity (Wildman–Crippen MR) is 124 cm³/mol. The number of nitrogens with one attached hydrogen (secondary N) is 1. The third kappa shape index (κ3) is 4.72. The molecule has 1 aliphatic heterocycles. The number of carbonyl (C=O) groups is 1. The van der Waals surface area contributed by atoms with E-state index in [2.05, 4.69) is 25.4 Å². The minimum atomic E-state index is -3.34. The number of amides is 1. The van der Waals surface area contributed by atoms with Gasteiger partial charge in [-0.1, -0.05) is 28.6 Å². The van der Waals surface area contributed by atoms with Crippen LogP contribution >= 0.6 is 11.3 Å². The van der Waals surface area contributed by atoms with E-state index in [0.29, 0.717) is 53.5 Å². The van der Waals surface area contributed by atoms with Gasteiger partial charge in [0.2, 0.25) is 0 Å². The highest BCUT2D eigenvalue weighted by Crippen LogP contribution is 2.33. The molecule has 5 rings (SSSR count). The summed E-state index contributed by atoms with van der Waals surface area (Å²) in [5.74, 6) is -0.560. The van der Waals surface area contributed by atoms with Crippen molar-refractivity contribution in [2.24, 2.45) is 5.16 Å². The summed E-state index contributed by atoms with van der Waals surface area (Å²) in [6.45, 7) is 0.945. The quantitative estimate of drug-likeness (QED) is 0.361. The van der Waals surface area contributed by atoms with Crippen LogP contribution < -0.4 is 10.1 Å².